The van der Waals surface area contributed by atoms with E-state index in [0.717, 1.165) is 0 Å². The highest BCUT2D eigenvalue weighted by atomic mass is 35.5. The van der Waals surface area contributed by atoms with E-state index in [2.05, 4.69) is 26.8 Å². The molecule has 3 heterocycles. The molecular formula is C22H25ClN6O4. The van der Waals surface area contributed by atoms with Gasteiger partial charge in [-0.2, -0.15) is 0 Å². The third-order valence-electron chi connectivity index (χ3n) is 5.35. The first-order valence-corrected chi connectivity index (χ1v) is 10.6. The van der Waals surface area contributed by atoms with Crippen molar-refractivity contribution in [3.05, 3.63) is 53.6 Å². The van der Waals surface area contributed by atoms with Crippen molar-refractivity contribution in [2.45, 2.75) is 19.0 Å². The summed E-state index contributed by atoms with van der Waals surface area (Å²) in [7, 11) is 3.05. The van der Waals surface area contributed by atoms with Crippen molar-refractivity contribution in [3.63, 3.8) is 0 Å². The Kier molecular flexibility index (Phi) is 7.72. The Morgan fingerprint density at radius 2 is 2.00 bits per heavy atom. The van der Waals surface area contributed by atoms with E-state index >= 15 is 0 Å². The highest BCUT2D eigenvalue weighted by molar-refractivity contribution is 6.29. The fourth-order valence-electron chi connectivity index (χ4n) is 3.94. The summed E-state index contributed by atoms with van der Waals surface area (Å²) >= 11 is 6.34. The number of halogens is 1. The van der Waals surface area contributed by atoms with Crippen molar-refractivity contribution in [1.82, 2.24) is 30.1 Å². The number of nitrogens with one attached hydrogen (secondary N) is 1. The predicted molar refractivity (Wildman–Crippen MR) is 121 cm³/mol. The topological polar surface area (TPSA) is 118 Å². The Balaban J connectivity index is 2.08. The molecule has 0 unspecified atom stereocenters. The average Bonchev–Trinajstić information content (AvgIpc) is 2.82. The van der Waals surface area contributed by atoms with E-state index < -0.39 is 6.04 Å². The number of amides is 3. The molecule has 174 valence electrons. The first-order valence-electron chi connectivity index (χ1n) is 10.2. The number of carbonyl (C=O) groups is 3. The van der Waals surface area contributed by atoms with Crippen LogP contribution in [0.4, 0.5) is 0 Å². The van der Waals surface area contributed by atoms with Crippen LogP contribution in [-0.4, -0.2) is 82.4 Å². The van der Waals surface area contributed by atoms with Gasteiger partial charge in [-0.1, -0.05) is 18.2 Å². The maximum atomic E-state index is 12.6. The zero-order chi connectivity index (χ0) is 24.1. The van der Waals surface area contributed by atoms with Crippen LogP contribution in [0.25, 0.3) is 11.4 Å². The molecule has 11 heteroatoms. The number of aromatic nitrogens is 3. The molecule has 2 aromatic rings. The second-order valence-electron chi connectivity index (χ2n) is 7.47. The van der Waals surface area contributed by atoms with Gasteiger partial charge < -0.3 is 19.9 Å². The van der Waals surface area contributed by atoms with Gasteiger partial charge in [-0.3, -0.25) is 14.4 Å². The average molecular weight is 473 g/mol. The number of pyridine rings is 1. The van der Waals surface area contributed by atoms with E-state index in [4.69, 9.17) is 16.3 Å². The maximum absolute atomic E-state index is 12.6. The summed E-state index contributed by atoms with van der Waals surface area (Å²) < 4.78 is 5.32. The SMILES string of the molecule is C=CC(=O)N1C[C@H](COC)N(C(C)=O)[C@@H](c2cc(Cl)nc(-c3cc(C(=O)NC)ncn3)c2)C1. The lowest BCUT2D eigenvalue weighted by atomic mass is 9.98. The summed E-state index contributed by atoms with van der Waals surface area (Å²) in [6, 6.07) is 4.04. The van der Waals surface area contributed by atoms with Crippen LogP contribution in [0, 0.1) is 0 Å². The monoisotopic (exact) mass is 472 g/mol. The fraction of sp³-hybridized carbons (Fsp3) is 0.364. The van der Waals surface area contributed by atoms with Crippen LogP contribution in [0.5, 0.6) is 0 Å². The van der Waals surface area contributed by atoms with Crippen LogP contribution in [0.3, 0.4) is 0 Å². The number of nitrogens with zero attached hydrogens (tertiary/aromatic N) is 5. The lowest BCUT2D eigenvalue weighted by molar-refractivity contribution is -0.146. The van der Waals surface area contributed by atoms with Crippen molar-refractivity contribution >= 4 is 29.3 Å². The molecule has 1 aliphatic heterocycles. The first kappa shape index (κ1) is 24.3. The van der Waals surface area contributed by atoms with E-state index in [-0.39, 0.29) is 47.8 Å². The summed E-state index contributed by atoms with van der Waals surface area (Å²) in [6.07, 6.45) is 2.51. The molecule has 1 aliphatic rings. The molecule has 1 N–H and O–H groups in total. The number of hydrogen-bond acceptors (Lipinski definition) is 7. The van der Waals surface area contributed by atoms with Crippen LogP contribution < -0.4 is 5.32 Å². The Bertz CT molecular complexity index is 1080. The lowest BCUT2D eigenvalue weighted by Gasteiger charge is -2.46. The molecule has 2 aromatic heterocycles. The number of carbonyl (C=O) groups excluding carboxylic acids is 3. The molecule has 1 fully saturated rings. The fourth-order valence-corrected chi connectivity index (χ4v) is 4.15. The molecule has 0 spiro atoms. The van der Waals surface area contributed by atoms with Crippen LogP contribution in [-0.2, 0) is 14.3 Å². The van der Waals surface area contributed by atoms with Gasteiger partial charge in [0.15, 0.2) is 0 Å². The van der Waals surface area contributed by atoms with Crippen LogP contribution >= 0.6 is 11.6 Å². The Hall–Kier alpha value is -3.37. The molecule has 0 radical (unpaired) electrons. The van der Waals surface area contributed by atoms with E-state index in [1.54, 1.807) is 29.0 Å². The molecular weight excluding hydrogens is 448 g/mol. The lowest BCUT2D eigenvalue weighted by Crippen LogP contribution is -2.58. The predicted octanol–water partition coefficient (Wildman–Crippen LogP) is 1.48. The second-order valence-corrected chi connectivity index (χ2v) is 7.86. The summed E-state index contributed by atoms with van der Waals surface area (Å²) in [4.78, 5) is 52.9. The molecule has 10 nitrogen and oxygen atoms in total. The van der Waals surface area contributed by atoms with Crippen LogP contribution in [0.1, 0.15) is 29.0 Å². The van der Waals surface area contributed by atoms with Gasteiger partial charge in [0, 0.05) is 34.2 Å². The van der Waals surface area contributed by atoms with Gasteiger partial charge >= 0.3 is 0 Å². The minimum Gasteiger partial charge on any atom is -0.382 e. The molecule has 0 saturated carbocycles. The number of piperazine rings is 1. The second kappa shape index (κ2) is 10.5. The van der Waals surface area contributed by atoms with E-state index in [1.165, 1.54) is 32.4 Å². The Morgan fingerprint density at radius 3 is 2.64 bits per heavy atom. The summed E-state index contributed by atoms with van der Waals surface area (Å²) in [6.45, 7) is 5.87. The molecule has 3 rings (SSSR count). The molecule has 0 aliphatic carbocycles. The van der Waals surface area contributed by atoms with Gasteiger partial charge in [0.25, 0.3) is 5.91 Å². The number of hydrogen-bond donors (Lipinski definition) is 1. The summed E-state index contributed by atoms with van der Waals surface area (Å²) in [5, 5.41) is 2.70. The van der Waals surface area contributed by atoms with Crippen molar-refractivity contribution in [3.8, 4) is 11.4 Å². The van der Waals surface area contributed by atoms with Crippen molar-refractivity contribution in [1.29, 1.82) is 0 Å². The molecule has 2 atom stereocenters. The number of ether oxygens (including phenoxy) is 1. The third kappa shape index (κ3) is 5.35. The summed E-state index contributed by atoms with van der Waals surface area (Å²) in [5.74, 6) is -0.765. The van der Waals surface area contributed by atoms with E-state index in [1.807, 2.05) is 0 Å². The van der Waals surface area contributed by atoms with Gasteiger partial charge in [-0.25, -0.2) is 15.0 Å². The molecule has 0 bridgehead atoms. The minimum atomic E-state index is -0.500. The van der Waals surface area contributed by atoms with Gasteiger partial charge in [0.05, 0.1) is 30.1 Å². The molecule has 33 heavy (non-hydrogen) atoms. The van der Waals surface area contributed by atoms with Gasteiger partial charge in [0.2, 0.25) is 11.8 Å². The maximum Gasteiger partial charge on any atom is 0.269 e. The zero-order valence-corrected chi connectivity index (χ0v) is 19.4. The molecule has 3 amide bonds. The normalized spacial score (nSPS) is 18.1. The number of methoxy groups -OCH3 is 1. The van der Waals surface area contributed by atoms with Gasteiger partial charge in [-0.05, 0) is 29.8 Å². The third-order valence-corrected chi connectivity index (χ3v) is 5.55. The quantitative estimate of drug-likeness (QED) is 0.499. The van der Waals surface area contributed by atoms with E-state index in [0.29, 0.717) is 23.5 Å². The van der Waals surface area contributed by atoms with E-state index in [9.17, 15) is 14.4 Å². The highest BCUT2D eigenvalue weighted by Crippen LogP contribution is 2.32. The van der Waals surface area contributed by atoms with Crippen molar-refractivity contribution in [2.24, 2.45) is 0 Å². The minimum absolute atomic E-state index is 0.161. The van der Waals surface area contributed by atoms with Gasteiger partial charge in [-0.15, -0.1) is 0 Å². The number of rotatable bonds is 6. The largest absolute Gasteiger partial charge is 0.382 e. The van der Waals surface area contributed by atoms with Crippen LogP contribution in [0.2, 0.25) is 5.15 Å². The summed E-state index contributed by atoms with van der Waals surface area (Å²) in [5.41, 5.74) is 1.65. The highest BCUT2D eigenvalue weighted by Gasteiger charge is 2.38. The van der Waals surface area contributed by atoms with Gasteiger partial charge in [0.1, 0.15) is 17.2 Å². The molecule has 0 aromatic carbocycles. The zero-order valence-electron chi connectivity index (χ0n) is 18.6. The smallest absolute Gasteiger partial charge is 0.269 e. The van der Waals surface area contributed by atoms with Crippen molar-refractivity contribution < 1.29 is 19.1 Å². The Morgan fingerprint density at radius 1 is 1.24 bits per heavy atom. The molecule has 1 saturated heterocycles. The standard InChI is InChI=1S/C22H25ClN6O4/c1-5-21(31)28-9-15(11-33-4)29(13(2)30)19(10-28)14-6-17(27-20(23)7-14)16-8-18(22(32)24-3)26-12-25-16/h5-8,12,15,19H,1,9-11H2,2-4H3,(H,24,32)/t15-,19-/m1/s1. The Labute approximate surface area is 196 Å². The first-order chi connectivity index (χ1) is 15.8. The van der Waals surface area contributed by atoms with Crippen molar-refractivity contribution in [2.75, 3.05) is 33.9 Å². The van der Waals surface area contributed by atoms with Crippen LogP contribution in [0.15, 0.2) is 37.2 Å².